The van der Waals surface area contributed by atoms with E-state index in [2.05, 4.69) is 0 Å². The zero-order chi connectivity index (χ0) is 17.4. The monoisotopic (exact) mass is 318 g/mol. The summed E-state index contributed by atoms with van der Waals surface area (Å²) in [6.45, 7) is -0.0331. The van der Waals surface area contributed by atoms with Gasteiger partial charge in [0.25, 0.3) is 0 Å². The Labute approximate surface area is 140 Å². The number of ether oxygens (including phenoxy) is 2. The maximum Gasteiger partial charge on any atom is 0.203 e. The number of rotatable bonds is 6. The number of carbonyl (C=O) groups excluding carboxylic acids is 1. The molecular formula is C19H14N2O3. The number of nitrogens with zero attached hydrogens (tertiary/aromatic N) is 2. The van der Waals surface area contributed by atoms with Crippen LogP contribution in [0.4, 0.5) is 0 Å². The second-order valence-corrected chi connectivity index (χ2v) is 4.74. The van der Waals surface area contributed by atoms with E-state index in [-0.39, 0.29) is 18.0 Å². The van der Waals surface area contributed by atoms with Gasteiger partial charge in [0, 0.05) is 5.56 Å². The molecule has 5 nitrogen and oxygen atoms in total. The molecule has 0 radical (unpaired) electrons. The van der Waals surface area contributed by atoms with Gasteiger partial charge in [-0.1, -0.05) is 12.1 Å². The topological polar surface area (TPSA) is 83.1 Å². The molecule has 5 heteroatoms. The van der Waals surface area contributed by atoms with E-state index in [9.17, 15) is 10.1 Å². The summed E-state index contributed by atoms with van der Waals surface area (Å²) in [5.41, 5.74) is 1.14. The molecule has 2 rings (SSSR count). The number of ketones is 1. The molecule has 2 aromatic carbocycles. The SMILES string of the molecule is COc1ccc(C(=O)/C(C#N)=C/c2ccc(OCC#N)cc2)cc1. The van der Waals surface area contributed by atoms with Crippen LogP contribution in [0, 0.1) is 22.7 Å². The zero-order valence-electron chi connectivity index (χ0n) is 13.0. The quantitative estimate of drug-likeness (QED) is 0.463. The van der Waals surface area contributed by atoms with Gasteiger partial charge in [0.05, 0.1) is 7.11 Å². The first-order chi connectivity index (χ1) is 11.7. The lowest BCUT2D eigenvalue weighted by molar-refractivity contribution is 0.104. The minimum absolute atomic E-state index is 0.0331. The fourth-order valence-corrected chi connectivity index (χ4v) is 1.99. The van der Waals surface area contributed by atoms with E-state index in [1.165, 1.54) is 6.08 Å². The lowest BCUT2D eigenvalue weighted by Gasteiger charge is -2.03. The fourth-order valence-electron chi connectivity index (χ4n) is 1.99. The van der Waals surface area contributed by atoms with Crippen LogP contribution in [0.25, 0.3) is 6.08 Å². The maximum absolute atomic E-state index is 12.4. The van der Waals surface area contributed by atoms with E-state index in [1.54, 1.807) is 55.6 Å². The minimum atomic E-state index is -0.357. The summed E-state index contributed by atoms with van der Waals surface area (Å²) in [6.07, 6.45) is 1.51. The minimum Gasteiger partial charge on any atom is -0.497 e. The lowest BCUT2D eigenvalue weighted by Crippen LogP contribution is -2.02. The Kier molecular flexibility index (Phi) is 5.71. The van der Waals surface area contributed by atoms with E-state index in [4.69, 9.17) is 14.7 Å². The van der Waals surface area contributed by atoms with Crippen LogP contribution in [0.15, 0.2) is 54.1 Å². The smallest absolute Gasteiger partial charge is 0.203 e. The molecule has 0 N–H and O–H groups in total. The molecule has 0 saturated heterocycles. The van der Waals surface area contributed by atoms with Crippen LogP contribution in [-0.4, -0.2) is 19.5 Å². The Morgan fingerprint density at radius 2 is 1.67 bits per heavy atom. The highest BCUT2D eigenvalue weighted by Crippen LogP contribution is 2.18. The third-order valence-electron chi connectivity index (χ3n) is 3.21. The molecule has 2 aromatic rings. The van der Waals surface area contributed by atoms with Crippen molar-refractivity contribution < 1.29 is 14.3 Å². The summed E-state index contributed by atoms with van der Waals surface area (Å²) in [7, 11) is 1.54. The Morgan fingerprint density at radius 3 is 2.21 bits per heavy atom. The Balaban J connectivity index is 2.20. The Morgan fingerprint density at radius 1 is 1.04 bits per heavy atom. The van der Waals surface area contributed by atoms with Gasteiger partial charge in [-0.3, -0.25) is 4.79 Å². The molecule has 0 aliphatic heterocycles. The second kappa shape index (κ2) is 8.17. The first-order valence-electron chi connectivity index (χ1n) is 7.08. The summed E-state index contributed by atoms with van der Waals surface area (Å²) in [4.78, 5) is 12.4. The van der Waals surface area contributed by atoms with Gasteiger partial charge in [0.2, 0.25) is 5.78 Å². The molecule has 0 aromatic heterocycles. The summed E-state index contributed by atoms with van der Waals surface area (Å²) in [6, 6.07) is 17.2. The molecule has 118 valence electrons. The number of methoxy groups -OCH3 is 1. The highest BCUT2D eigenvalue weighted by atomic mass is 16.5. The van der Waals surface area contributed by atoms with Crippen molar-refractivity contribution in [1.82, 2.24) is 0 Å². The number of hydrogen-bond donors (Lipinski definition) is 0. The number of nitriles is 2. The molecule has 0 aliphatic carbocycles. The van der Waals surface area contributed by atoms with E-state index in [0.29, 0.717) is 22.6 Å². The molecule has 0 aliphatic rings. The summed E-state index contributed by atoms with van der Waals surface area (Å²) < 4.78 is 10.2. The molecule has 0 amide bonds. The van der Waals surface area contributed by atoms with Crippen LogP contribution in [0.2, 0.25) is 0 Å². The Hall–Kier alpha value is -3.57. The summed E-state index contributed by atoms with van der Waals surface area (Å²) >= 11 is 0. The van der Waals surface area contributed by atoms with Gasteiger partial charge in [0.1, 0.15) is 29.2 Å². The molecule has 0 unspecified atom stereocenters. The highest BCUT2D eigenvalue weighted by Gasteiger charge is 2.12. The van der Waals surface area contributed by atoms with Crippen molar-refractivity contribution >= 4 is 11.9 Å². The standard InChI is InChI=1S/C19H14N2O3/c1-23-17-8-4-15(5-9-17)19(22)16(13-21)12-14-2-6-18(7-3-14)24-11-10-20/h2-9,12H,11H2,1H3/b16-12+. The van der Waals surface area contributed by atoms with Crippen molar-refractivity contribution in [2.75, 3.05) is 13.7 Å². The van der Waals surface area contributed by atoms with Crippen molar-refractivity contribution in [3.8, 4) is 23.6 Å². The fraction of sp³-hybridized carbons (Fsp3) is 0.105. The highest BCUT2D eigenvalue weighted by molar-refractivity contribution is 6.14. The predicted octanol–water partition coefficient (Wildman–Crippen LogP) is 3.39. The van der Waals surface area contributed by atoms with Crippen molar-refractivity contribution in [2.45, 2.75) is 0 Å². The molecule has 0 fully saturated rings. The van der Waals surface area contributed by atoms with Gasteiger partial charge in [-0.25, -0.2) is 0 Å². The maximum atomic E-state index is 12.4. The number of benzene rings is 2. The van der Waals surface area contributed by atoms with Crippen LogP contribution in [0.5, 0.6) is 11.5 Å². The van der Waals surface area contributed by atoms with Crippen LogP contribution < -0.4 is 9.47 Å². The van der Waals surface area contributed by atoms with Gasteiger partial charge in [0.15, 0.2) is 6.61 Å². The predicted molar refractivity (Wildman–Crippen MR) is 88.5 cm³/mol. The van der Waals surface area contributed by atoms with Crippen molar-refractivity contribution in [1.29, 1.82) is 10.5 Å². The molecular weight excluding hydrogens is 304 g/mol. The van der Waals surface area contributed by atoms with Gasteiger partial charge in [-0.15, -0.1) is 0 Å². The largest absolute Gasteiger partial charge is 0.497 e. The Bertz CT molecular complexity index is 823. The molecule has 0 atom stereocenters. The lowest BCUT2D eigenvalue weighted by atomic mass is 10.0. The average molecular weight is 318 g/mol. The molecule has 24 heavy (non-hydrogen) atoms. The van der Waals surface area contributed by atoms with Gasteiger partial charge < -0.3 is 9.47 Å². The second-order valence-electron chi connectivity index (χ2n) is 4.74. The van der Waals surface area contributed by atoms with Gasteiger partial charge in [-0.2, -0.15) is 10.5 Å². The zero-order valence-corrected chi connectivity index (χ0v) is 13.0. The third kappa shape index (κ3) is 4.22. The van der Waals surface area contributed by atoms with E-state index >= 15 is 0 Å². The van der Waals surface area contributed by atoms with Gasteiger partial charge in [-0.05, 0) is 48.0 Å². The molecule has 0 bridgehead atoms. The van der Waals surface area contributed by atoms with E-state index in [1.807, 2.05) is 12.1 Å². The number of hydrogen-bond acceptors (Lipinski definition) is 5. The number of allylic oxidation sites excluding steroid dienone is 1. The van der Waals surface area contributed by atoms with Crippen molar-refractivity contribution in [3.05, 3.63) is 65.2 Å². The number of carbonyl (C=O) groups is 1. The van der Waals surface area contributed by atoms with Crippen LogP contribution in [-0.2, 0) is 0 Å². The van der Waals surface area contributed by atoms with Crippen molar-refractivity contribution in [3.63, 3.8) is 0 Å². The average Bonchev–Trinajstić information content (AvgIpc) is 2.65. The first-order valence-corrected chi connectivity index (χ1v) is 7.08. The summed E-state index contributed by atoms with van der Waals surface area (Å²) in [5, 5.41) is 17.7. The number of Topliss-reactive ketones (excluding diaryl/α,β-unsaturated/α-hetero) is 1. The molecule has 0 spiro atoms. The van der Waals surface area contributed by atoms with Crippen LogP contribution in [0.1, 0.15) is 15.9 Å². The van der Waals surface area contributed by atoms with E-state index < -0.39 is 0 Å². The normalized spacial score (nSPS) is 10.4. The van der Waals surface area contributed by atoms with Crippen molar-refractivity contribution in [2.24, 2.45) is 0 Å². The summed E-state index contributed by atoms with van der Waals surface area (Å²) in [5.74, 6) is 0.834. The molecule has 0 heterocycles. The van der Waals surface area contributed by atoms with Crippen LogP contribution in [0.3, 0.4) is 0 Å². The molecule has 0 saturated carbocycles. The van der Waals surface area contributed by atoms with Gasteiger partial charge >= 0.3 is 0 Å². The van der Waals surface area contributed by atoms with E-state index in [0.717, 1.165) is 0 Å². The third-order valence-corrected chi connectivity index (χ3v) is 3.21. The first kappa shape index (κ1) is 16.8. The van der Waals surface area contributed by atoms with Crippen LogP contribution >= 0.6 is 0 Å².